The maximum atomic E-state index is 12.7. The van der Waals surface area contributed by atoms with E-state index in [-0.39, 0.29) is 35.0 Å². The quantitative estimate of drug-likeness (QED) is 0.284. The molecule has 0 amide bonds. The van der Waals surface area contributed by atoms with E-state index in [1.165, 1.54) is 194 Å². The molecular weight excluding hydrogens is 1490 g/mol. The molecule has 0 aromatic carbocycles. The molecule has 12 heterocycles. The maximum absolute atomic E-state index is 12.7. The van der Waals surface area contributed by atoms with Crippen LogP contribution in [-0.2, 0) is 4.79 Å². The molecule has 10 saturated heterocycles. The highest BCUT2D eigenvalue weighted by atomic mass is 19.3. The second kappa shape index (κ2) is 49.4. The van der Waals surface area contributed by atoms with Gasteiger partial charge in [-0.15, -0.1) is 0 Å². The lowest BCUT2D eigenvalue weighted by Crippen LogP contribution is -2.53. The van der Waals surface area contributed by atoms with Crippen LogP contribution in [0, 0.1) is 11.3 Å². The number of hydrogen-bond acceptors (Lipinski definition) is 18. The molecular formula is C100H195F2N17O. The van der Waals surface area contributed by atoms with Gasteiger partial charge in [0.15, 0.2) is 0 Å². The molecule has 11 fully saturated rings. The Hall–Kier alpha value is -3.15. The molecule has 2 aromatic rings. The molecule has 10 aliphatic heterocycles. The predicted octanol–water partition coefficient (Wildman–Crippen LogP) is 20.2. The van der Waals surface area contributed by atoms with Crippen molar-refractivity contribution in [3.8, 4) is 0 Å². The van der Waals surface area contributed by atoms with Crippen LogP contribution in [0.5, 0.6) is 0 Å². The molecule has 1 saturated carbocycles. The van der Waals surface area contributed by atoms with Crippen molar-refractivity contribution in [3.05, 3.63) is 37.1 Å². The molecule has 2 aromatic heterocycles. The number of aromatic nitrogens is 4. The van der Waals surface area contributed by atoms with E-state index in [9.17, 15) is 13.6 Å². The number of anilines is 2. The molecule has 13 rings (SSSR count). The molecule has 0 N–H and O–H groups in total. The van der Waals surface area contributed by atoms with E-state index in [1.54, 1.807) is 24.8 Å². The first-order chi connectivity index (χ1) is 55.3. The largest absolute Gasteiger partial charge is 0.353 e. The zero-order valence-corrected chi connectivity index (χ0v) is 84.8. The topological polar surface area (TPSA) is 111 Å². The third kappa shape index (κ3) is 42.6. The molecule has 1 aliphatic carbocycles. The van der Waals surface area contributed by atoms with Gasteiger partial charge in [-0.2, -0.15) is 0 Å². The van der Waals surface area contributed by atoms with Crippen molar-refractivity contribution >= 4 is 17.5 Å². The minimum Gasteiger partial charge on any atom is -0.353 e. The summed E-state index contributed by atoms with van der Waals surface area (Å²) in [7, 11) is 2.19. The van der Waals surface area contributed by atoms with Gasteiger partial charge in [0.2, 0.25) is 5.95 Å². The molecule has 1 spiro atoms. The SMILES string of the molecule is CC(C)(C)N1CCC(F)(F)CC1.CC(C)(C)N1CCC2(CCC2)CC1.CC(C)(C)N1CCCC(=O)C1.CC(C)(C)N1CCCCC1.CC(C)(C)N1CCCCC1.CC(C)(C)N1CCCCC1.CC(C)(C)N1CCN(c2cnccn2)CC1.CC(C)(C)N1CCN(c2ncccn2)CC1.CC1CCN(C(C)(C)C)CC1.CN1CCN(C(C)(C)C)CC1. The Balaban J connectivity index is 0.000000282. The minimum atomic E-state index is -2.41. The van der Waals surface area contributed by atoms with Gasteiger partial charge in [-0.25, -0.2) is 23.7 Å². The summed E-state index contributed by atoms with van der Waals surface area (Å²) in [6.45, 7) is 99.4. The molecule has 11 aliphatic rings. The number of alkyl halides is 2. The molecule has 18 nitrogen and oxygen atoms in total. The Kier molecular flexibility index (Phi) is 45.0. The van der Waals surface area contributed by atoms with Gasteiger partial charge in [0.1, 0.15) is 11.6 Å². The van der Waals surface area contributed by atoms with Crippen molar-refractivity contribution in [2.24, 2.45) is 11.3 Å². The second-order valence-corrected chi connectivity index (χ2v) is 47.1. The summed E-state index contributed by atoms with van der Waals surface area (Å²) in [6, 6.07) is 1.86. The summed E-state index contributed by atoms with van der Waals surface area (Å²) >= 11 is 0. The molecule has 20 heteroatoms. The zero-order chi connectivity index (χ0) is 90.4. The Morgan fingerprint density at radius 3 is 0.900 bits per heavy atom. The first kappa shape index (κ1) is 109. The van der Waals surface area contributed by atoms with Gasteiger partial charge in [0.25, 0.3) is 5.92 Å². The van der Waals surface area contributed by atoms with E-state index in [0.29, 0.717) is 58.7 Å². The second-order valence-electron chi connectivity index (χ2n) is 47.1. The van der Waals surface area contributed by atoms with Gasteiger partial charge in [0, 0.05) is 191 Å². The fourth-order valence-electron chi connectivity index (χ4n) is 17.7. The van der Waals surface area contributed by atoms with Crippen molar-refractivity contribution in [2.75, 3.05) is 187 Å². The number of carbonyl (C=O) groups is 1. The highest BCUT2D eigenvalue weighted by molar-refractivity contribution is 5.81. The van der Waals surface area contributed by atoms with Gasteiger partial charge >= 0.3 is 0 Å². The number of piperazine rings is 3. The maximum Gasteiger partial charge on any atom is 0.250 e. The predicted molar refractivity (Wildman–Crippen MR) is 513 cm³/mol. The standard InChI is InChI=1S/2C12H20N4.C12H23N.C10H21N.C9H17F2N.C9H20N2.C9H17NO.3C9H19N/c1-12(2,3)16-8-6-15(7-9-16)11-10-13-4-5-14-11;1-12(2,3)16-9-7-15(8-10-16)11-13-5-4-6-14-11;1-11(2,3)13-9-7-12(8-10-13)5-4-6-12;1-9-5-7-11(8-6-9)10(2,3)4;1-8(2,3)12-6-4-9(10,11)5-7-12;1-9(2,3)11-7-5-10(4)6-8-11;1-9(2,3)10-6-4-5-8(11)7-10;3*1-9(2,3)10-7-5-4-6-8-10/h4-5,10H,6-9H2,1-3H3;4-6H,7-10H2,1-3H3;4-10H2,1-3H3;9H,5-8H2,1-4H3;4-7H2,1-3H3;5-8H2,1-4H3;4-7H2,1-3H3;3*4-8H2,1-3H3. The Morgan fingerprint density at radius 1 is 0.308 bits per heavy atom. The van der Waals surface area contributed by atoms with Crippen LogP contribution in [-0.4, -0.2) is 318 Å². The van der Waals surface area contributed by atoms with Gasteiger partial charge in [0.05, 0.1) is 12.7 Å². The first-order valence-electron chi connectivity index (χ1n) is 48.4. The fourth-order valence-corrected chi connectivity index (χ4v) is 17.7. The van der Waals surface area contributed by atoms with E-state index in [1.807, 2.05) is 12.3 Å². The van der Waals surface area contributed by atoms with Crippen LogP contribution in [0.4, 0.5) is 20.5 Å². The normalized spacial score (nSPS) is 22.9. The molecule has 0 atom stereocenters. The van der Waals surface area contributed by atoms with Gasteiger partial charge in [-0.3, -0.25) is 58.8 Å². The van der Waals surface area contributed by atoms with Crippen LogP contribution in [0.2, 0.25) is 0 Å². The van der Waals surface area contributed by atoms with Crippen LogP contribution in [0.25, 0.3) is 0 Å². The van der Waals surface area contributed by atoms with Crippen LogP contribution in [0.1, 0.15) is 343 Å². The molecule has 0 bridgehead atoms. The van der Waals surface area contributed by atoms with E-state index in [0.717, 1.165) is 94.8 Å². The summed E-state index contributed by atoms with van der Waals surface area (Å²) in [5, 5.41) is 0. The number of carbonyl (C=O) groups excluding carboxylic acids is 1. The molecule has 0 radical (unpaired) electrons. The van der Waals surface area contributed by atoms with E-state index < -0.39 is 5.92 Å². The van der Waals surface area contributed by atoms with Crippen LogP contribution in [0.3, 0.4) is 0 Å². The summed E-state index contributed by atoms with van der Waals surface area (Å²) in [6.07, 6.45) is 33.7. The smallest absolute Gasteiger partial charge is 0.250 e. The highest BCUT2D eigenvalue weighted by Crippen LogP contribution is 2.49. The number of nitrogens with zero attached hydrogens (tertiary/aromatic N) is 17. The number of Topliss-reactive ketones (excluding diaryl/α,β-unsaturated/α-hetero) is 1. The number of hydrogen-bond donors (Lipinski definition) is 0. The molecule has 0 unspecified atom stereocenters. The van der Waals surface area contributed by atoms with Crippen molar-refractivity contribution < 1.29 is 13.6 Å². The van der Waals surface area contributed by atoms with E-state index in [4.69, 9.17) is 0 Å². The number of likely N-dealkylation sites (tertiary alicyclic amines) is 7. The van der Waals surface area contributed by atoms with Gasteiger partial charge < -0.3 is 14.7 Å². The Bertz CT molecular complexity index is 2810. The zero-order valence-electron chi connectivity index (χ0n) is 84.8. The van der Waals surface area contributed by atoms with Crippen LogP contribution >= 0.6 is 0 Å². The summed E-state index contributed by atoms with van der Waals surface area (Å²) in [4.78, 5) is 60.0. The molecule has 700 valence electrons. The lowest BCUT2D eigenvalue weighted by atomic mass is 9.63. The number of piperidine rings is 7. The van der Waals surface area contributed by atoms with Crippen molar-refractivity contribution in [3.63, 3.8) is 0 Å². The third-order valence-electron chi connectivity index (χ3n) is 27.1. The minimum absolute atomic E-state index is 0.0181. The Morgan fingerprint density at radius 2 is 0.608 bits per heavy atom. The van der Waals surface area contributed by atoms with Crippen molar-refractivity contribution in [1.29, 1.82) is 0 Å². The lowest BCUT2D eigenvalue weighted by Gasteiger charge is -2.51. The van der Waals surface area contributed by atoms with E-state index >= 15 is 0 Å². The van der Waals surface area contributed by atoms with Crippen LogP contribution < -0.4 is 9.80 Å². The van der Waals surface area contributed by atoms with E-state index in [2.05, 4.69) is 305 Å². The summed E-state index contributed by atoms with van der Waals surface area (Å²) in [5.41, 5.74) is 3.90. The number of ketones is 1. The lowest BCUT2D eigenvalue weighted by molar-refractivity contribution is -0.123. The molecule has 120 heavy (non-hydrogen) atoms. The van der Waals surface area contributed by atoms with Crippen molar-refractivity contribution in [1.82, 2.24) is 73.8 Å². The summed E-state index contributed by atoms with van der Waals surface area (Å²) in [5.74, 6) is 0.786. The summed E-state index contributed by atoms with van der Waals surface area (Å²) < 4.78 is 25.5. The average molecular weight is 1690 g/mol. The Labute approximate surface area is 740 Å². The van der Waals surface area contributed by atoms with Gasteiger partial charge in [-0.05, 0) is 388 Å². The van der Waals surface area contributed by atoms with Crippen molar-refractivity contribution in [2.45, 2.75) is 404 Å². The first-order valence-corrected chi connectivity index (χ1v) is 48.4. The van der Waals surface area contributed by atoms with Crippen LogP contribution in [0.15, 0.2) is 37.1 Å². The third-order valence-corrected chi connectivity index (χ3v) is 27.1. The number of likely N-dealkylation sites (N-methyl/N-ethyl adjacent to an activating group) is 1. The fraction of sp³-hybridized carbons (Fsp3) is 0.910. The monoisotopic (exact) mass is 1690 g/mol. The number of rotatable bonds is 2. The van der Waals surface area contributed by atoms with Gasteiger partial charge in [-0.1, -0.05) is 32.6 Å². The number of halogens is 2. The average Bonchev–Trinajstić information content (AvgIpc) is 0.779. The highest BCUT2D eigenvalue weighted by Gasteiger charge is 2.42.